The van der Waals surface area contributed by atoms with Gasteiger partial charge in [-0.2, -0.15) is 0 Å². The van der Waals surface area contributed by atoms with Crippen molar-refractivity contribution in [2.75, 3.05) is 19.5 Å². The molecule has 0 radical (unpaired) electrons. The molecule has 1 aromatic heterocycles. The Morgan fingerprint density at radius 1 is 1.04 bits per heavy atom. The maximum absolute atomic E-state index is 12.6. The minimum Gasteiger partial charge on any atom is -0.497 e. The molecule has 0 spiro atoms. The molecule has 0 aliphatic carbocycles. The molecule has 0 bridgehead atoms. The van der Waals surface area contributed by atoms with E-state index < -0.39 is 0 Å². The summed E-state index contributed by atoms with van der Waals surface area (Å²) < 4.78 is 12.1. The van der Waals surface area contributed by atoms with Crippen LogP contribution in [0.25, 0.3) is 5.69 Å². The number of hydrogen-bond donors (Lipinski definition) is 1. The number of aromatic nitrogens is 3. The van der Waals surface area contributed by atoms with Gasteiger partial charge in [-0.1, -0.05) is 11.6 Å². The monoisotopic (exact) mass is 358 g/mol. The van der Waals surface area contributed by atoms with Crippen LogP contribution in [0.3, 0.4) is 0 Å². The zero-order valence-electron chi connectivity index (χ0n) is 13.6. The summed E-state index contributed by atoms with van der Waals surface area (Å²) in [7, 11) is 3.08. The van der Waals surface area contributed by atoms with E-state index in [0.29, 0.717) is 27.8 Å². The quantitative estimate of drug-likeness (QED) is 0.757. The number of ether oxygens (including phenoxy) is 2. The number of carbonyl (C=O) groups excluding carboxylic acids is 1. The molecule has 3 aromatic rings. The topological polar surface area (TPSA) is 78.3 Å². The van der Waals surface area contributed by atoms with Gasteiger partial charge >= 0.3 is 0 Å². The second-order valence-electron chi connectivity index (χ2n) is 5.09. The molecule has 25 heavy (non-hydrogen) atoms. The highest BCUT2D eigenvalue weighted by Crippen LogP contribution is 2.27. The zero-order valence-corrected chi connectivity index (χ0v) is 14.3. The lowest BCUT2D eigenvalue weighted by molar-refractivity contribution is 0.102. The Bertz CT molecular complexity index is 875. The molecule has 0 aliphatic heterocycles. The van der Waals surface area contributed by atoms with Crippen molar-refractivity contribution in [1.29, 1.82) is 0 Å². The molecule has 0 fully saturated rings. The van der Waals surface area contributed by atoms with E-state index in [9.17, 15) is 4.79 Å². The Morgan fingerprint density at radius 3 is 2.28 bits per heavy atom. The fourth-order valence-corrected chi connectivity index (χ4v) is 2.46. The van der Waals surface area contributed by atoms with Gasteiger partial charge in [0.2, 0.25) is 0 Å². The Labute approximate surface area is 149 Å². The van der Waals surface area contributed by atoms with Crippen LogP contribution >= 0.6 is 11.6 Å². The summed E-state index contributed by atoms with van der Waals surface area (Å²) in [5, 5.41) is 10.6. The fraction of sp³-hybridized carbons (Fsp3) is 0.118. The van der Waals surface area contributed by atoms with Gasteiger partial charge in [0, 0.05) is 29.6 Å². The first-order chi connectivity index (χ1) is 12.1. The molecule has 128 valence electrons. The third kappa shape index (κ3) is 3.72. The minimum absolute atomic E-state index is 0.328. The maximum Gasteiger partial charge on any atom is 0.257 e. The molecule has 0 saturated carbocycles. The molecule has 1 N–H and O–H groups in total. The molecular formula is C17H15ClN4O3. The molecule has 2 aromatic carbocycles. The van der Waals surface area contributed by atoms with Crippen LogP contribution < -0.4 is 14.8 Å². The van der Waals surface area contributed by atoms with E-state index in [4.69, 9.17) is 21.1 Å². The first-order valence-electron chi connectivity index (χ1n) is 7.29. The average molecular weight is 359 g/mol. The predicted octanol–water partition coefficient (Wildman–Crippen LogP) is 3.19. The third-order valence-corrected chi connectivity index (χ3v) is 3.85. The Hall–Kier alpha value is -3.06. The van der Waals surface area contributed by atoms with Gasteiger partial charge < -0.3 is 14.8 Å². The molecule has 1 amide bonds. The predicted molar refractivity (Wildman–Crippen MR) is 93.9 cm³/mol. The van der Waals surface area contributed by atoms with Crippen molar-refractivity contribution in [1.82, 2.24) is 14.8 Å². The standard InChI is InChI=1S/C17H15ClN4O3/c1-24-13-5-11(6-14(8-13)25-2)21-17(23)15-7-12(3-4-16(15)18)22-9-19-20-10-22/h3-10H,1-2H3,(H,21,23). The Balaban J connectivity index is 1.90. The average Bonchev–Trinajstić information content (AvgIpc) is 3.16. The molecule has 7 nitrogen and oxygen atoms in total. The zero-order chi connectivity index (χ0) is 17.8. The molecule has 0 unspecified atom stereocenters. The van der Waals surface area contributed by atoms with Crippen LogP contribution in [0.4, 0.5) is 5.69 Å². The summed E-state index contributed by atoms with van der Waals surface area (Å²) in [5.74, 6) is 0.785. The molecule has 0 aliphatic rings. The summed E-state index contributed by atoms with van der Waals surface area (Å²) in [6, 6.07) is 10.2. The van der Waals surface area contributed by atoms with E-state index in [0.717, 1.165) is 5.69 Å². The van der Waals surface area contributed by atoms with E-state index in [1.807, 2.05) is 0 Å². The first kappa shape index (κ1) is 16.8. The smallest absolute Gasteiger partial charge is 0.257 e. The number of benzene rings is 2. The van der Waals surface area contributed by atoms with Gasteiger partial charge in [0.15, 0.2) is 0 Å². The third-order valence-electron chi connectivity index (χ3n) is 3.52. The van der Waals surface area contributed by atoms with Crippen LogP contribution in [0, 0.1) is 0 Å². The summed E-state index contributed by atoms with van der Waals surface area (Å²) in [5.41, 5.74) is 1.59. The highest BCUT2D eigenvalue weighted by atomic mass is 35.5. The van der Waals surface area contributed by atoms with Crippen molar-refractivity contribution < 1.29 is 14.3 Å². The highest BCUT2D eigenvalue weighted by molar-refractivity contribution is 6.34. The van der Waals surface area contributed by atoms with Crippen molar-refractivity contribution in [3.63, 3.8) is 0 Å². The minimum atomic E-state index is -0.352. The molecule has 0 atom stereocenters. The van der Waals surface area contributed by atoms with Crippen LogP contribution in [0.2, 0.25) is 5.02 Å². The van der Waals surface area contributed by atoms with Gasteiger partial charge in [-0.25, -0.2) is 0 Å². The number of rotatable bonds is 5. The number of nitrogens with zero attached hydrogens (tertiary/aromatic N) is 3. The molecule has 3 rings (SSSR count). The second-order valence-corrected chi connectivity index (χ2v) is 5.50. The normalized spacial score (nSPS) is 10.4. The van der Waals surface area contributed by atoms with E-state index in [2.05, 4.69) is 15.5 Å². The Kier molecular flexibility index (Phi) is 4.85. The van der Waals surface area contributed by atoms with Gasteiger partial charge in [0.1, 0.15) is 24.2 Å². The lowest BCUT2D eigenvalue weighted by Gasteiger charge is -2.11. The maximum atomic E-state index is 12.6. The van der Waals surface area contributed by atoms with E-state index in [1.54, 1.807) is 55.2 Å². The van der Waals surface area contributed by atoms with Gasteiger partial charge in [-0.05, 0) is 18.2 Å². The van der Waals surface area contributed by atoms with Crippen LogP contribution in [0.5, 0.6) is 11.5 Å². The first-order valence-corrected chi connectivity index (χ1v) is 7.67. The number of amides is 1. The van der Waals surface area contributed by atoms with E-state index in [-0.39, 0.29) is 5.91 Å². The number of carbonyl (C=O) groups is 1. The van der Waals surface area contributed by atoms with Crippen LogP contribution in [-0.2, 0) is 0 Å². The fourth-order valence-electron chi connectivity index (χ4n) is 2.26. The molecular weight excluding hydrogens is 344 g/mol. The van der Waals surface area contributed by atoms with Gasteiger partial charge in [0.05, 0.1) is 24.8 Å². The van der Waals surface area contributed by atoms with Gasteiger partial charge in [0.25, 0.3) is 5.91 Å². The summed E-state index contributed by atoms with van der Waals surface area (Å²) >= 11 is 6.19. The lowest BCUT2D eigenvalue weighted by Crippen LogP contribution is -2.13. The van der Waals surface area contributed by atoms with Crippen LogP contribution in [0.15, 0.2) is 49.1 Å². The highest BCUT2D eigenvalue weighted by Gasteiger charge is 2.13. The van der Waals surface area contributed by atoms with Gasteiger partial charge in [-0.3, -0.25) is 9.36 Å². The number of methoxy groups -OCH3 is 2. The van der Waals surface area contributed by atoms with Crippen molar-refractivity contribution in [3.05, 3.63) is 59.6 Å². The lowest BCUT2D eigenvalue weighted by atomic mass is 10.1. The van der Waals surface area contributed by atoms with Crippen LogP contribution in [0.1, 0.15) is 10.4 Å². The van der Waals surface area contributed by atoms with Crippen molar-refractivity contribution in [2.24, 2.45) is 0 Å². The van der Waals surface area contributed by atoms with Crippen molar-refractivity contribution in [3.8, 4) is 17.2 Å². The van der Waals surface area contributed by atoms with Gasteiger partial charge in [-0.15, -0.1) is 10.2 Å². The molecule has 8 heteroatoms. The van der Waals surface area contributed by atoms with Crippen molar-refractivity contribution >= 4 is 23.2 Å². The summed E-state index contributed by atoms with van der Waals surface area (Å²) in [6.45, 7) is 0. The molecule has 1 heterocycles. The van der Waals surface area contributed by atoms with Crippen LogP contribution in [-0.4, -0.2) is 34.9 Å². The van der Waals surface area contributed by atoms with E-state index in [1.165, 1.54) is 12.7 Å². The largest absolute Gasteiger partial charge is 0.497 e. The van der Waals surface area contributed by atoms with Crippen molar-refractivity contribution in [2.45, 2.75) is 0 Å². The SMILES string of the molecule is COc1cc(NC(=O)c2cc(-n3cnnc3)ccc2Cl)cc(OC)c1. The second kappa shape index (κ2) is 7.23. The summed E-state index contributed by atoms with van der Waals surface area (Å²) in [6.07, 6.45) is 3.08. The number of nitrogens with one attached hydrogen (secondary N) is 1. The molecule has 0 saturated heterocycles. The number of halogens is 1. The van der Waals surface area contributed by atoms with E-state index >= 15 is 0 Å². The Morgan fingerprint density at radius 2 is 1.68 bits per heavy atom. The number of anilines is 1. The number of hydrogen-bond acceptors (Lipinski definition) is 5. The summed E-state index contributed by atoms with van der Waals surface area (Å²) in [4.78, 5) is 12.6.